The molecule has 0 spiro atoms. The molecule has 1 N–H and O–H groups in total. The van der Waals surface area contributed by atoms with Crippen LogP contribution < -0.4 is 9.73 Å². The molecule has 12 heteroatoms. The summed E-state index contributed by atoms with van der Waals surface area (Å²) < 4.78 is 67.4. The molecule has 34 heavy (non-hydrogen) atoms. The van der Waals surface area contributed by atoms with E-state index in [0.717, 1.165) is 17.7 Å². The molecular formula is C22H18ClF3N4O3S. The molecule has 1 heterocycles. The zero-order valence-electron chi connectivity index (χ0n) is 17.6. The van der Waals surface area contributed by atoms with Crippen LogP contribution >= 0.6 is 11.6 Å². The van der Waals surface area contributed by atoms with Gasteiger partial charge in [-0.05, 0) is 43.3 Å². The lowest BCUT2D eigenvalue weighted by Crippen LogP contribution is -2.39. The number of anilines is 1. The summed E-state index contributed by atoms with van der Waals surface area (Å²) in [5.41, 5.74) is 1.90. The molecule has 0 aliphatic rings. The van der Waals surface area contributed by atoms with Crippen molar-refractivity contribution in [2.75, 3.05) is 10.8 Å². The summed E-state index contributed by atoms with van der Waals surface area (Å²) in [6.07, 6.45) is -0.516. The van der Waals surface area contributed by atoms with Gasteiger partial charge in [-0.25, -0.2) is 13.8 Å². The first-order valence-electron chi connectivity index (χ1n) is 9.66. The smallest absolute Gasteiger partial charge is 0.271 e. The second-order valence-corrected chi connectivity index (χ2v) is 9.34. The Kier molecular flexibility index (Phi) is 7.57. The van der Waals surface area contributed by atoms with Crippen molar-refractivity contribution >= 4 is 39.4 Å². The number of nitrogens with one attached hydrogen (secondary N) is 1. The Labute approximate surface area is 198 Å². The van der Waals surface area contributed by atoms with Gasteiger partial charge in [0.15, 0.2) is 0 Å². The number of alkyl halides is 3. The summed E-state index contributed by atoms with van der Waals surface area (Å²) in [5, 5.41) is 3.14. The largest absolute Gasteiger partial charge is 0.417 e. The number of sulfonamides is 1. The number of benzene rings is 2. The predicted molar refractivity (Wildman–Crippen MR) is 122 cm³/mol. The standard InChI is InChI=1S/C22H18ClF3N4O3S/c1-15-4-7-18(8-5-15)34(32,33)30(17-6-9-20(23)19(11-17)22(24,25)26)14-21(31)29-28-13-16-3-2-10-27-12-16/h2-13H,14H2,1H3,(H,29,31)/b28-13-. The lowest BCUT2D eigenvalue weighted by atomic mass is 10.2. The number of amides is 1. The topological polar surface area (TPSA) is 91.7 Å². The van der Waals surface area contributed by atoms with E-state index in [4.69, 9.17) is 11.6 Å². The summed E-state index contributed by atoms with van der Waals surface area (Å²) in [7, 11) is -4.42. The fourth-order valence-electron chi connectivity index (χ4n) is 2.84. The lowest BCUT2D eigenvalue weighted by Gasteiger charge is -2.25. The number of halogens is 4. The van der Waals surface area contributed by atoms with Crippen molar-refractivity contribution in [3.63, 3.8) is 0 Å². The van der Waals surface area contributed by atoms with E-state index in [1.54, 1.807) is 25.3 Å². The molecule has 0 radical (unpaired) electrons. The highest BCUT2D eigenvalue weighted by Gasteiger charge is 2.35. The summed E-state index contributed by atoms with van der Waals surface area (Å²) in [4.78, 5) is 16.2. The molecule has 7 nitrogen and oxygen atoms in total. The average Bonchev–Trinajstić information content (AvgIpc) is 2.78. The molecule has 0 aliphatic heterocycles. The summed E-state index contributed by atoms with van der Waals surface area (Å²) in [6.45, 7) is 0.913. The van der Waals surface area contributed by atoms with E-state index in [9.17, 15) is 26.4 Å². The number of aryl methyl sites for hydroxylation is 1. The van der Waals surface area contributed by atoms with Gasteiger partial charge < -0.3 is 0 Å². The SMILES string of the molecule is Cc1ccc(S(=O)(=O)N(CC(=O)N/N=C\c2cccnc2)c2ccc(Cl)c(C(F)(F)F)c2)cc1. The van der Waals surface area contributed by atoms with Gasteiger partial charge in [0, 0.05) is 18.0 Å². The van der Waals surface area contributed by atoms with Crippen molar-refractivity contribution < 1.29 is 26.4 Å². The molecular weight excluding hydrogens is 493 g/mol. The fraction of sp³-hybridized carbons (Fsp3) is 0.136. The van der Waals surface area contributed by atoms with Crippen molar-refractivity contribution in [2.45, 2.75) is 18.0 Å². The quantitative estimate of drug-likeness (QED) is 0.376. The number of hydrazone groups is 1. The van der Waals surface area contributed by atoms with Crippen LogP contribution in [0.25, 0.3) is 0 Å². The Balaban J connectivity index is 1.96. The predicted octanol–water partition coefficient (Wildman–Crippen LogP) is 4.41. The van der Waals surface area contributed by atoms with Gasteiger partial charge in [-0.1, -0.05) is 35.4 Å². The van der Waals surface area contributed by atoms with E-state index >= 15 is 0 Å². The van der Waals surface area contributed by atoms with E-state index in [-0.39, 0.29) is 10.6 Å². The third kappa shape index (κ3) is 6.12. The van der Waals surface area contributed by atoms with Crippen molar-refractivity contribution in [3.8, 4) is 0 Å². The Hall–Kier alpha value is -3.44. The van der Waals surface area contributed by atoms with E-state index in [1.807, 2.05) is 0 Å². The third-order valence-electron chi connectivity index (χ3n) is 4.53. The lowest BCUT2D eigenvalue weighted by molar-refractivity contribution is -0.137. The van der Waals surface area contributed by atoms with Gasteiger partial charge in [0.1, 0.15) is 6.54 Å². The highest BCUT2D eigenvalue weighted by molar-refractivity contribution is 7.92. The van der Waals surface area contributed by atoms with Gasteiger partial charge in [0.25, 0.3) is 15.9 Å². The molecule has 0 unspecified atom stereocenters. The minimum Gasteiger partial charge on any atom is -0.271 e. The minimum absolute atomic E-state index is 0.201. The molecule has 1 aromatic heterocycles. The molecule has 1 amide bonds. The van der Waals surface area contributed by atoms with Crippen molar-refractivity contribution in [2.24, 2.45) is 5.10 Å². The normalized spacial score (nSPS) is 12.0. The van der Waals surface area contributed by atoms with Gasteiger partial charge in [-0.15, -0.1) is 0 Å². The van der Waals surface area contributed by atoms with Gasteiger partial charge in [-0.3, -0.25) is 14.1 Å². The van der Waals surface area contributed by atoms with Crippen LogP contribution in [-0.2, 0) is 21.0 Å². The first-order chi connectivity index (χ1) is 16.0. The maximum atomic E-state index is 13.4. The molecule has 0 saturated carbocycles. The van der Waals surface area contributed by atoms with Gasteiger partial charge >= 0.3 is 6.18 Å². The zero-order chi connectivity index (χ0) is 24.9. The number of carbonyl (C=O) groups excluding carboxylic acids is 1. The van der Waals surface area contributed by atoms with E-state index < -0.39 is 39.2 Å². The van der Waals surface area contributed by atoms with Crippen molar-refractivity contribution in [1.29, 1.82) is 0 Å². The van der Waals surface area contributed by atoms with Crippen molar-refractivity contribution in [1.82, 2.24) is 10.4 Å². The Morgan fingerprint density at radius 2 is 1.88 bits per heavy atom. The maximum absolute atomic E-state index is 13.4. The molecule has 0 saturated heterocycles. The Morgan fingerprint density at radius 3 is 2.50 bits per heavy atom. The molecule has 0 aliphatic carbocycles. The van der Waals surface area contributed by atoms with Crippen LogP contribution in [0.15, 0.2) is 77.0 Å². The van der Waals surface area contributed by atoms with Crippen LogP contribution in [0.5, 0.6) is 0 Å². The number of carbonyl (C=O) groups is 1. The average molecular weight is 511 g/mol. The summed E-state index contributed by atoms with van der Waals surface area (Å²) in [6, 6.07) is 11.6. The van der Waals surface area contributed by atoms with Crippen LogP contribution in [0.1, 0.15) is 16.7 Å². The minimum atomic E-state index is -4.83. The number of nitrogens with zero attached hydrogens (tertiary/aromatic N) is 3. The Morgan fingerprint density at radius 1 is 1.18 bits per heavy atom. The first kappa shape index (κ1) is 25.2. The van der Waals surface area contributed by atoms with Crippen LogP contribution in [0.3, 0.4) is 0 Å². The highest BCUT2D eigenvalue weighted by Crippen LogP contribution is 2.38. The van der Waals surface area contributed by atoms with E-state index in [1.165, 1.54) is 36.7 Å². The second-order valence-electron chi connectivity index (χ2n) is 7.07. The molecule has 3 rings (SSSR count). The summed E-state index contributed by atoms with van der Waals surface area (Å²) in [5.74, 6) is -0.876. The number of hydrogen-bond donors (Lipinski definition) is 1. The Bertz CT molecular complexity index is 1300. The monoisotopic (exact) mass is 510 g/mol. The van der Waals surface area contributed by atoms with Gasteiger partial charge in [-0.2, -0.15) is 18.3 Å². The third-order valence-corrected chi connectivity index (χ3v) is 6.64. The highest BCUT2D eigenvalue weighted by atomic mass is 35.5. The molecule has 0 atom stereocenters. The first-order valence-corrected chi connectivity index (χ1v) is 11.5. The molecule has 0 fully saturated rings. The van der Waals surface area contributed by atoms with E-state index in [2.05, 4.69) is 15.5 Å². The number of hydrogen-bond acceptors (Lipinski definition) is 5. The fourth-order valence-corrected chi connectivity index (χ4v) is 4.47. The maximum Gasteiger partial charge on any atom is 0.417 e. The second kappa shape index (κ2) is 10.2. The number of pyridine rings is 1. The van der Waals surface area contributed by atoms with E-state index in [0.29, 0.717) is 15.9 Å². The van der Waals surface area contributed by atoms with Crippen LogP contribution in [0, 0.1) is 6.92 Å². The number of rotatable bonds is 7. The summed E-state index contributed by atoms with van der Waals surface area (Å²) >= 11 is 5.68. The van der Waals surface area contributed by atoms with Gasteiger partial charge in [0.2, 0.25) is 0 Å². The van der Waals surface area contributed by atoms with Crippen LogP contribution in [0.4, 0.5) is 18.9 Å². The molecule has 178 valence electrons. The van der Waals surface area contributed by atoms with Crippen LogP contribution in [-0.4, -0.2) is 32.1 Å². The molecule has 3 aromatic rings. The molecule has 2 aromatic carbocycles. The zero-order valence-corrected chi connectivity index (χ0v) is 19.2. The van der Waals surface area contributed by atoms with Crippen molar-refractivity contribution in [3.05, 3.63) is 88.7 Å². The molecule has 0 bridgehead atoms. The number of aromatic nitrogens is 1. The van der Waals surface area contributed by atoms with Crippen LogP contribution in [0.2, 0.25) is 5.02 Å². The van der Waals surface area contributed by atoms with Gasteiger partial charge in [0.05, 0.1) is 27.4 Å².